The molecule has 0 aromatic rings. The lowest BCUT2D eigenvalue weighted by atomic mass is 10.1. The van der Waals surface area contributed by atoms with Crippen LogP contribution in [0.5, 0.6) is 0 Å². The lowest BCUT2D eigenvalue weighted by Crippen LogP contribution is -2.29. The molecule has 0 aliphatic heterocycles. The molecule has 1 unspecified atom stereocenters. The number of aliphatic hydroxyl groups excluding tert-OH is 2. The molecule has 0 saturated carbocycles. The lowest BCUT2D eigenvalue weighted by molar-refractivity contribution is -0.142. The number of unbranched alkanes of at least 4 members (excludes halogenated alkanes) is 16. The minimum absolute atomic E-state index is 0.0829. The Morgan fingerprint density at radius 1 is 0.643 bits per heavy atom. The summed E-state index contributed by atoms with van der Waals surface area (Å²) in [5.41, 5.74) is 0. The topological polar surface area (TPSA) is 79.2 Å². The summed E-state index contributed by atoms with van der Waals surface area (Å²) in [5.74, 6) is -0.0829. The van der Waals surface area contributed by atoms with Crippen molar-refractivity contribution in [1.29, 1.82) is 0 Å². The maximum atomic E-state index is 11.9. The molecule has 0 fully saturated rings. The van der Waals surface area contributed by atoms with Crippen LogP contribution in [0, 0.1) is 0 Å². The summed E-state index contributed by atoms with van der Waals surface area (Å²) in [4.78, 5) is 14.2. The van der Waals surface area contributed by atoms with Gasteiger partial charge in [-0.05, 0) is 70.9 Å². The van der Waals surface area contributed by atoms with Gasteiger partial charge in [-0.15, -0.1) is 0 Å². The van der Waals surface area contributed by atoms with Crippen LogP contribution in [-0.4, -0.2) is 66.8 Å². The summed E-state index contributed by atoms with van der Waals surface area (Å²) in [5, 5.41) is 19.4. The average molecular weight is 596 g/mol. The number of rotatable bonds is 33. The molecule has 0 saturated heterocycles. The van der Waals surface area contributed by atoms with Crippen molar-refractivity contribution in [3.63, 3.8) is 0 Å². The Balaban J connectivity index is 3.61. The zero-order valence-electron chi connectivity index (χ0n) is 27.8. The fourth-order valence-corrected chi connectivity index (χ4v) is 5.01. The predicted molar refractivity (Wildman–Crippen MR) is 178 cm³/mol. The van der Waals surface area contributed by atoms with Crippen molar-refractivity contribution in [2.75, 3.05) is 39.5 Å². The Labute approximate surface area is 260 Å². The SMILES string of the molecule is CCCCCC/C=C\COC(=O)CCCCCCCN(CCO)CCCCCCCC(O)OC/C=C\CCCCCC. The lowest BCUT2D eigenvalue weighted by Gasteiger charge is -2.21. The molecule has 248 valence electrons. The summed E-state index contributed by atoms with van der Waals surface area (Å²) < 4.78 is 10.8. The van der Waals surface area contributed by atoms with E-state index >= 15 is 0 Å². The first-order chi connectivity index (χ1) is 20.6. The highest BCUT2D eigenvalue weighted by atomic mass is 16.6. The van der Waals surface area contributed by atoms with Gasteiger partial charge in [0.1, 0.15) is 6.61 Å². The molecule has 0 aromatic heterocycles. The van der Waals surface area contributed by atoms with Crippen LogP contribution in [-0.2, 0) is 14.3 Å². The Morgan fingerprint density at radius 2 is 1.17 bits per heavy atom. The van der Waals surface area contributed by atoms with Gasteiger partial charge in [0.05, 0.1) is 13.2 Å². The molecule has 0 aliphatic carbocycles. The van der Waals surface area contributed by atoms with Gasteiger partial charge < -0.3 is 24.6 Å². The molecule has 1 atom stereocenters. The smallest absolute Gasteiger partial charge is 0.306 e. The number of carbonyl (C=O) groups is 1. The fraction of sp³-hybridized carbons (Fsp3) is 0.861. The summed E-state index contributed by atoms with van der Waals surface area (Å²) in [6.45, 7) is 8.38. The number of aliphatic hydroxyl groups is 2. The highest BCUT2D eigenvalue weighted by Crippen LogP contribution is 2.11. The zero-order chi connectivity index (χ0) is 30.8. The van der Waals surface area contributed by atoms with Crippen LogP contribution in [0.2, 0.25) is 0 Å². The van der Waals surface area contributed by atoms with E-state index in [2.05, 4.69) is 30.9 Å². The van der Waals surface area contributed by atoms with Crippen molar-refractivity contribution in [3.05, 3.63) is 24.3 Å². The molecule has 42 heavy (non-hydrogen) atoms. The molecular formula is C36H69NO5. The summed E-state index contributed by atoms with van der Waals surface area (Å²) in [7, 11) is 0. The summed E-state index contributed by atoms with van der Waals surface area (Å²) in [6.07, 6.45) is 32.3. The Kier molecular flexibility index (Phi) is 33.3. The van der Waals surface area contributed by atoms with E-state index in [0.29, 0.717) is 26.1 Å². The molecule has 6 nitrogen and oxygen atoms in total. The van der Waals surface area contributed by atoms with Gasteiger partial charge in [0, 0.05) is 13.0 Å². The molecule has 0 rings (SSSR count). The first-order valence-corrected chi connectivity index (χ1v) is 17.7. The fourth-order valence-electron chi connectivity index (χ4n) is 5.01. The predicted octanol–water partition coefficient (Wildman–Crippen LogP) is 8.89. The van der Waals surface area contributed by atoms with Crippen LogP contribution in [0.1, 0.15) is 155 Å². The van der Waals surface area contributed by atoms with E-state index in [1.54, 1.807) is 0 Å². The third kappa shape index (κ3) is 31.7. The minimum atomic E-state index is -0.652. The third-order valence-electron chi connectivity index (χ3n) is 7.70. The van der Waals surface area contributed by atoms with Crippen molar-refractivity contribution < 1.29 is 24.5 Å². The molecule has 0 radical (unpaired) electrons. The Bertz CT molecular complexity index is 610. The third-order valence-corrected chi connectivity index (χ3v) is 7.70. The van der Waals surface area contributed by atoms with Gasteiger partial charge in [-0.3, -0.25) is 4.79 Å². The van der Waals surface area contributed by atoms with Crippen molar-refractivity contribution in [2.24, 2.45) is 0 Å². The molecule has 2 N–H and O–H groups in total. The Hall–Kier alpha value is -1.21. The maximum Gasteiger partial charge on any atom is 0.306 e. The van der Waals surface area contributed by atoms with Crippen LogP contribution < -0.4 is 0 Å². The van der Waals surface area contributed by atoms with E-state index in [1.807, 2.05) is 12.2 Å². The van der Waals surface area contributed by atoms with E-state index in [1.165, 1.54) is 64.2 Å². The van der Waals surface area contributed by atoms with Gasteiger partial charge in [-0.25, -0.2) is 0 Å². The first kappa shape index (κ1) is 40.8. The molecule has 0 aliphatic rings. The van der Waals surface area contributed by atoms with Crippen molar-refractivity contribution in [1.82, 2.24) is 4.90 Å². The van der Waals surface area contributed by atoms with Crippen LogP contribution in [0.15, 0.2) is 24.3 Å². The highest BCUT2D eigenvalue weighted by molar-refractivity contribution is 5.69. The van der Waals surface area contributed by atoms with E-state index in [0.717, 1.165) is 83.8 Å². The number of hydrogen-bond donors (Lipinski definition) is 2. The van der Waals surface area contributed by atoms with Crippen LogP contribution in [0.3, 0.4) is 0 Å². The molecule has 0 bridgehead atoms. The number of ether oxygens (including phenoxy) is 2. The van der Waals surface area contributed by atoms with Crippen molar-refractivity contribution >= 4 is 5.97 Å². The van der Waals surface area contributed by atoms with Crippen molar-refractivity contribution in [3.8, 4) is 0 Å². The van der Waals surface area contributed by atoms with Gasteiger partial charge >= 0.3 is 5.97 Å². The maximum absolute atomic E-state index is 11.9. The summed E-state index contributed by atoms with van der Waals surface area (Å²) >= 11 is 0. The zero-order valence-corrected chi connectivity index (χ0v) is 27.8. The number of carbonyl (C=O) groups excluding carboxylic acids is 1. The van der Waals surface area contributed by atoms with E-state index in [-0.39, 0.29) is 12.6 Å². The Morgan fingerprint density at radius 3 is 1.76 bits per heavy atom. The summed E-state index contributed by atoms with van der Waals surface area (Å²) in [6, 6.07) is 0. The van der Waals surface area contributed by atoms with E-state index in [9.17, 15) is 15.0 Å². The standard InChI is InChI=1S/C36H69NO5/c1-3-5-7-9-11-19-25-33-41-35(39)27-21-15-13-17-23-29-37(31-32-38)30-24-18-14-16-22-28-36(40)42-34-26-20-12-10-8-6-4-2/h19-20,25-26,35,38-39H,3-18,21-24,27-34H2,1-2H3/b25-19-,26-20-. The minimum Gasteiger partial charge on any atom is -0.461 e. The quantitative estimate of drug-likeness (QED) is 0.0341. The van der Waals surface area contributed by atoms with E-state index in [4.69, 9.17) is 9.47 Å². The van der Waals surface area contributed by atoms with Crippen LogP contribution >= 0.6 is 0 Å². The number of esters is 1. The van der Waals surface area contributed by atoms with Crippen LogP contribution in [0.25, 0.3) is 0 Å². The second-order valence-electron chi connectivity index (χ2n) is 11.8. The molecule has 0 spiro atoms. The highest BCUT2D eigenvalue weighted by Gasteiger charge is 2.06. The number of nitrogens with zero attached hydrogens (tertiary/aromatic N) is 1. The van der Waals surface area contributed by atoms with Crippen molar-refractivity contribution in [2.45, 2.75) is 161 Å². The molecule has 0 aromatic carbocycles. The second-order valence-corrected chi connectivity index (χ2v) is 11.8. The van der Waals surface area contributed by atoms with Gasteiger partial charge in [0.2, 0.25) is 0 Å². The molecular weight excluding hydrogens is 526 g/mol. The largest absolute Gasteiger partial charge is 0.461 e. The molecule has 6 heteroatoms. The van der Waals surface area contributed by atoms with Gasteiger partial charge in [-0.1, -0.05) is 115 Å². The van der Waals surface area contributed by atoms with Gasteiger partial charge in [0.25, 0.3) is 0 Å². The molecule has 0 amide bonds. The number of allylic oxidation sites excluding steroid dienone is 2. The second kappa shape index (κ2) is 34.3. The first-order valence-electron chi connectivity index (χ1n) is 17.7. The normalized spacial score (nSPS) is 12.7. The monoisotopic (exact) mass is 596 g/mol. The number of hydrogen-bond acceptors (Lipinski definition) is 6. The van der Waals surface area contributed by atoms with Gasteiger partial charge in [0.15, 0.2) is 6.29 Å². The van der Waals surface area contributed by atoms with Gasteiger partial charge in [-0.2, -0.15) is 0 Å². The van der Waals surface area contributed by atoms with Crippen LogP contribution in [0.4, 0.5) is 0 Å². The van der Waals surface area contributed by atoms with E-state index < -0.39 is 6.29 Å². The molecule has 0 heterocycles. The average Bonchev–Trinajstić information content (AvgIpc) is 2.98.